The quantitative estimate of drug-likeness (QED) is 0.803. The lowest BCUT2D eigenvalue weighted by Gasteiger charge is -2.22. The van der Waals surface area contributed by atoms with E-state index < -0.39 is 11.9 Å². The maximum atomic E-state index is 12.7. The maximum Gasteiger partial charge on any atom is 0.258 e. The first kappa shape index (κ1) is 15.9. The number of carbonyl (C=O) groups excluding carboxylic acids is 2. The minimum absolute atomic E-state index is 0.210. The van der Waals surface area contributed by atoms with Gasteiger partial charge < -0.3 is 4.57 Å². The van der Waals surface area contributed by atoms with Crippen LogP contribution in [0, 0.1) is 0 Å². The van der Waals surface area contributed by atoms with E-state index in [2.05, 4.69) is 5.32 Å². The fourth-order valence-corrected chi connectivity index (χ4v) is 2.72. The number of piperidine rings is 1. The van der Waals surface area contributed by atoms with Crippen molar-refractivity contribution in [3.05, 3.63) is 45.2 Å². The summed E-state index contributed by atoms with van der Waals surface area (Å²) in [4.78, 5) is 35.9. The molecule has 1 aliphatic rings. The Bertz CT molecular complexity index is 815. The van der Waals surface area contributed by atoms with Crippen LogP contribution in [0.25, 0.3) is 11.6 Å². The molecule has 1 aromatic rings. The van der Waals surface area contributed by atoms with E-state index in [4.69, 9.17) is 0 Å². The molecule has 1 N–H and O–H groups in total. The van der Waals surface area contributed by atoms with Crippen LogP contribution in [-0.2, 0) is 9.59 Å². The van der Waals surface area contributed by atoms with E-state index in [9.17, 15) is 14.4 Å². The number of pyridine rings is 1. The number of carbonyl (C=O) groups is 2. The second kappa shape index (κ2) is 6.56. The summed E-state index contributed by atoms with van der Waals surface area (Å²) in [5, 5.41) is 3.71. The number of hydrogen-bond acceptors (Lipinski definition) is 3. The van der Waals surface area contributed by atoms with Crippen molar-refractivity contribution in [2.45, 2.75) is 39.7 Å². The Hall–Kier alpha value is -2.43. The molecule has 1 unspecified atom stereocenters. The van der Waals surface area contributed by atoms with Crippen LogP contribution >= 0.6 is 0 Å². The summed E-state index contributed by atoms with van der Waals surface area (Å²) >= 11 is 0. The molecule has 5 nitrogen and oxygen atoms in total. The van der Waals surface area contributed by atoms with E-state index in [1.165, 1.54) is 4.57 Å². The summed E-state index contributed by atoms with van der Waals surface area (Å²) in [6, 6.07) is 1.22. The monoisotopic (exact) mass is 300 g/mol. The zero-order valence-electron chi connectivity index (χ0n) is 13.1. The van der Waals surface area contributed by atoms with Gasteiger partial charge in [-0.05, 0) is 44.1 Å². The predicted octanol–water partition coefficient (Wildman–Crippen LogP) is 0.373. The van der Waals surface area contributed by atoms with Crippen molar-refractivity contribution >= 4 is 23.5 Å². The highest BCUT2D eigenvalue weighted by Crippen LogP contribution is 2.15. The molecule has 2 rings (SSSR count). The van der Waals surface area contributed by atoms with Gasteiger partial charge in [0, 0.05) is 17.8 Å². The molecule has 1 aromatic heterocycles. The number of rotatable bonds is 2. The van der Waals surface area contributed by atoms with Gasteiger partial charge in [0.1, 0.15) is 6.04 Å². The topological polar surface area (TPSA) is 68.2 Å². The lowest BCUT2D eigenvalue weighted by Crippen LogP contribution is -2.50. The molecule has 5 heteroatoms. The Labute approximate surface area is 128 Å². The Balaban J connectivity index is 2.64. The second-order valence-electron chi connectivity index (χ2n) is 5.29. The zero-order valence-corrected chi connectivity index (χ0v) is 13.1. The molecule has 116 valence electrons. The molecule has 22 heavy (non-hydrogen) atoms. The number of aromatic nitrogens is 1. The smallest absolute Gasteiger partial charge is 0.258 e. The van der Waals surface area contributed by atoms with Gasteiger partial charge in [-0.2, -0.15) is 0 Å². The van der Waals surface area contributed by atoms with Crippen LogP contribution in [0.5, 0.6) is 0 Å². The lowest BCUT2D eigenvalue weighted by atomic mass is 10.1. The summed E-state index contributed by atoms with van der Waals surface area (Å²) < 4.78 is 1.42. The Morgan fingerprint density at radius 1 is 1.32 bits per heavy atom. The van der Waals surface area contributed by atoms with Crippen molar-refractivity contribution in [3.8, 4) is 0 Å². The average molecular weight is 300 g/mol. The molecular formula is C17H20N2O3. The van der Waals surface area contributed by atoms with Gasteiger partial charge in [-0.25, -0.2) is 0 Å². The highest BCUT2D eigenvalue weighted by molar-refractivity contribution is 5.99. The van der Waals surface area contributed by atoms with E-state index in [0.717, 1.165) is 10.8 Å². The number of imide groups is 1. The molecule has 0 saturated carbocycles. The second-order valence-corrected chi connectivity index (χ2v) is 5.29. The van der Waals surface area contributed by atoms with Crippen LogP contribution in [0.1, 0.15) is 39.7 Å². The summed E-state index contributed by atoms with van der Waals surface area (Å²) in [5.74, 6) is -0.701. The van der Waals surface area contributed by atoms with Crippen LogP contribution in [0.3, 0.4) is 0 Å². The molecule has 0 aromatic carbocycles. The molecule has 1 aliphatic heterocycles. The van der Waals surface area contributed by atoms with E-state index >= 15 is 0 Å². The lowest BCUT2D eigenvalue weighted by molar-refractivity contribution is -0.135. The summed E-state index contributed by atoms with van der Waals surface area (Å²) in [7, 11) is 0. The largest absolute Gasteiger partial charge is 0.302 e. The van der Waals surface area contributed by atoms with Gasteiger partial charge in [-0.1, -0.05) is 18.2 Å². The number of allylic oxidation sites excluding steroid dienone is 2. The third kappa shape index (κ3) is 2.93. The van der Waals surface area contributed by atoms with Crippen LogP contribution in [0.2, 0.25) is 0 Å². The molecule has 0 radical (unpaired) electrons. The maximum absolute atomic E-state index is 12.7. The van der Waals surface area contributed by atoms with Gasteiger partial charge in [0.25, 0.3) is 5.56 Å². The van der Waals surface area contributed by atoms with Crippen molar-refractivity contribution in [1.82, 2.24) is 9.88 Å². The average Bonchev–Trinajstić information content (AvgIpc) is 2.48. The minimum atomic E-state index is -0.625. The molecule has 1 atom stereocenters. The van der Waals surface area contributed by atoms with Gasteiger partial charge in [-0.3, -0.25) is 19.7 Å². The molecule has 0 bridgehead atoms. The first-order valence-corrected chi connectivity index (χ1v) is 7.34. The highest BCUT2D eigenvalue weighted by Gasteiger charge is 2.28. The van der Waals surface area contributed by atoms with E-state index in [-0.39, 0.29) is 17.9 Å². The first-order valence-electron chi connectivity index (χ1n) is 7.34. The standard InChI is InChI=1S/C17H20N2O3/c1-4-6-11(3)13-9-10-19(17(22)12(13)5-2)14-7-8-15(20)18-16(14)21/h4-6,9-10,14H,7-8H2,1-3H3,(H,18,20,21)/b6-4-,12-5+,13-11-. The fraction of sp³-hybridized carbons (Fsp3) is 0.353. The van der Waals surface area contributed by atoms with E-state index in [1.807, 2.05) is 32.1 Å². The van der Waals surface area contributed by atoms with Gasteiger partial charge in [-0.15, -0.1) is 0 Å². The molecule has 1 saturated heterocycles. The Morgan fingerprint density at radius 2 is 2.05 bits per heavy atom. The summed E-state index contributed by atoms with van der Waals surface area (Å²) in [6.07, 6.45) is 7.85. The number of amides is 2. The van der Waals surface area contributed by atoms with Crippen molar-refractivity contribution in [3.63, 3.8) is 0 Å². The number of hydrogen-bond donors (Lipinski definition) is 1. The van der Waals surface area contributed by atoms with Crippen LogP contribution in [0.4, 0.5) is 0 Å². The number of nitrogens with one attached hydrogen (secondary N) is 1. The highest BCUT2D eigenvalue weighted by atomic mass is 16.2. The Morgan fingerprint density at radius 3 is 2.64 bits per heavy atom. The van der Waals surface area contributed by atoms with Crippen LogP contribution < -0.4 is 21.3 Å². The molecule has 2 heterocycles. The van der Waals surface area contributed by atoms with Crippen molar-refractivity contribution < 1.29 is 9.59 Å². The molecule has 0 spiro atoms. The van der Waals surface area contributed by atoms with Gasteiger partial charge in [0.05, 0.1) is 0 Å². The van der Waals surface area contributed by atoms with Crippen LogP contribution in [0.15, 0.2) is 29.2 Å². The van der Waals surface area contributed by atoms with Crippen molar-refractivity contribution in [2.24, 2.45) is 0 Å². The predicted molar refractivity (Wildman–Crippen MR) is 85.4 cm³/mol. The molecule has 0 aliphatic carbocycles. The van der Waals surface area contributed by atoms with Crippen molar-refractivity contribution in [1.29, 1.82) is 0 Å². The van der Waals surface area contributed by atoms with E-state index in [0.29, 0.717) is 11.6 Å². The van der Waals surface area contributed by atoms with E-state index in [1.54, 1.807) is 19.2 Å². The third-order valence-corrected chi connectivity index (χ3v) is 3.83. The molecule has 1 fully saturated rings. The third-order valence-electron chi connectivity index (χ3n) is 3.83. The van der Waals surface area contributed by atoms with Gasteiger partial charge in [0.2, 0.25) is 11.8 Å². The Kier molecular flexibility index (Phi) is 4.75. The normalized spacial score (nSPS) is 21.2. The molecular weight excluding hydrogens is 280 g/mol. The SMILES string of the molecule is C\C=C/C(C)=c1/ccn(C2CCC(=O)NC2=O)c(=O)/c1=C/C. The minimum Gasteiger partial charge on any atom is -0.302 e. The summed E-state index contributed by atoms with van der Waals surface area (Å²) in [6.45, 7) is 5.67. The number of nitrogens with zero attached hydrogens (tertiary/aromatic N) is 1. The van der Waals surface area contributed by atoms with Crippen LogP contribution in [-0.4, -0.2) is 16.4 Å². The molecule has 2 amide bonds. The van der Waals surface area contributed by atoms with Gasteiger partial charge in [0.15, 0.2) is 0 Å². The zero-order chi connectivity index (χ0) is 16.3. The van der Waals surface area contributed by atoms with Crippen molar-refractivity contribution in [2.75, 3.05) is 0 Å². The van der Waals surface area contributed by atoms with Gasteiger partial charge >= 0.3 is 0 Å². The summed E-state index contributed by atoms with van der Waals surface area (Å²) in [5.41, 5.74) is 0.779. The fourth-order valence-electron chi connectivity index (χ4n) is 2.72. The first-order chi connectivity index (χ1) is 10.5.